The van der Waals surface area contributed by atoms with E-state index in [1.807, 2.05) is 24.9 Å². The van der Waals surface area contributed by atoms with Gasteiger partial charge in [-0.3, -0.25) is 0 Å². The SMILES string of the molecule is Cc1cc2c(N(C)[C@@H](C)c3ccc(C4COC4)cc3)nc(F)nc2o1. The molecule has 0 aliphatic carbocycles. The number of aryl methyl sites for hydroxylation is 1. The highest BCUT2D eigenvalue weighted by Crippen LogP contribution is 2.32. The smallest absolute Gasteiger partial charge is 0.313 e. The number of anilines is 1. The molecule has 1 aliphatic rings. The number of hydrogen-bond donors (Lipinski definition) is 0. The van der Waals surface area contributed by atoms with Crippen molar-refractivity contribution < 1.29 is 13.5 Å². The van der Waals surface area contributed by atoms with Gasteiger partial charge in [0, 0.05) is 13.0 Å². The second-order valence-electron chi connectivity index (χ2n) is 6.58. The van der Waals surface area contributed by atoms with Crippen LogP contribution < -0.4 is 4.90 Å². The van der Waals surface area contributed by atoms with Crippen LogP contribution in [-0.2, 0) is 4.74 Å². The lowest BCUT2D eigenvalue weighted by atomic mass is 9.95. The molecule has 1 fully saturated rings. The van der Waals surface area contributed by atoms with Crippen LogP contribution in [0.2, 0.25) is 0 Å². The maximum absolute atomic E-state index is 13.8. The van der Waals surface area contributed by atoms with Gasteiger partial charge in [-0.1, -0.05) is 24.3 Å². The lowest BCUT2D eigenvalue weighted by molar-refractivity contribution is 0.00841. The molecule has 1 atom stereocenters. The Hall–Kier alpha value is -2.47. The lowest BCUT2D eigenvalue weighted by Gasteiger charge is -2.28. The average molecular weight is 341 g/mol. The molecule has 0 spiro atoms. The Kier molecular flexibility index (Phi) is 3.92. The number of benzene rings is 1. The van der Waals surface area contributed by atoms with E-state index in [4.69, 9.17) is 9.15 Å². The summed E-state index contributed by atoms with van der Waals surface area (Å²) in [5.74, 6) is 1.72. The summed E-state index contributed by atoms with van der Waals surface area (Å²) in [5.41, 5.74) is 2.71. The second-order valence-corrected chi connectivity index (χ2v) is 6.58. The van der Waals surface area contributed by atoms with Gasteiger partial charge in [0.25, 0.3) is 0 Å². The minimum atomic E-state index is -0.781. The maximum atomic E-state index is 13.8. The standard InChI is InChI=1S/C19H20FN3O2/c1-11-8-16-17(21-19(20)22-18(16)25-11)23(3)12(2)13-4-6-14(7-5-13)15-9-24-10-15/h4-8,12,15H,9-10H2,1-3H3/t12-/m0/s1. The summed E-state index contributed by atoms with van der Waals surface area (Å²) >= 11 is 0. The van der Waals surface area contributed by atoms with Gasteiger partial charge in [0.05, 0.1) is 24.6 Å². The molecular weight excluding hydrogens is 321 g/mol. The molecule has 0 N–H and O–H groups in total. The van der Waals surface area contributed by atoms with Gasteiger partial charge in [-0.05, 0) is 31.0 Å². The van der Waals surface area contributed by atoms with Crippen molar-refractivity contribution in [1.29, 1.82) is 0 Å². The first kappa shape index (κ1) is 16.0. The van der Waals surface area contributed by atoms with Crippen molar-refractivity contribution in [3.05, 3.63) is 53.3 Å². The predicted octanol–water partition coefficient (Wildman–Crippen LogP) is 3.98. The first-order valence-corrected chi connectivity index (χ1v) is 8.37. The van der Waals surface area contributed by atoms with Crippen LogP contribution in [0.15, 0.2) is 34.7 Å². The summed E-state index contributed by atoms with van der Waals surface area (Å²) in [6.45, 7) is 5.48. The summed E-state index contributed by atoms with van der Waals surface area (Å²) in [5, 5.41) is 0.719. The van der Waals surface area contributed by atoms with E-state index in [-0.39, 0.29) is 11.8 Å². The third kappa shape index (κ3) is 2.87. The Morgan fingerprint density at radius 1 is 1.20 bits per heavy atom. The zero-order chi connectivity index (χ0) is 17.6. The monoisotopic (exact) mass is 341 g/mol. The van der Waals surface area contributed by atoms with Crippen LogP contribution in [-0.4, -0.2) is 30.2 Å². The molecule has 0 saturated carbocycles. The fraction of sp³-hybridized carbons (Fsp3) is 0.368. The Bertz CT molecular complexity index is 903. The van der Waals surface area contributed by atoms with Crippen LogP contribution in [0, 0.1) is 13.0 Å². The molecule has 0 radical (unpaired) electrons. The molecule has 3 heterocycles. The van der Waals surface area contributed by atoms with Gasteiger partial charge in [-0.2, -0.15) is 14.4 Å². The van der Waals surface area contributed by atoms with Gasteiger partial charge in [0.2, 0.25) is 5.71 Å². The highest BCUT2D eigenvalue weighted by molar-refractivity contribution is 5.86. The molecule has 6 heteroatoms. The van der Waals surface area contributed by atoms with Crippen molar-refractivity contribution in [2.24, 2.45) is 0 Å². The Balaban J connectivity index is 1.64. The van der Waals surface area contributed by atoms with Crippen LogP contribution >= 0.6 is 0 Å². The van der Waals surface area contributed by atoms with Crippen LogP contribution in [0.3, 0.4) is 0 Å². The number of hydrogen-bond acceptors (Lipinski definition) is 5. The number of halogens is 1. The first-order chi connectivity index (χ1) is 12.0. The molecule has 1 aliphatic heterocycles. The molecule has 0 amide bonds. The average Bonchev–Trinajstić information content (AvgIpc) is 2.92. The van der Waals surface area contributed by atoms with Crippen LogP contribution in [0.4, 0.5) is 10.2 Å². The Morgan fingerprint density at radius 3 is 2.56 bits per heavy atom. The number of aromatic nitrogens is 2. The molecule has 130 valence electrons. The van der Waals surface area contributed by atoms with E-state index in [0.717, 1.165) is 24.2 Å². The molecule has 0 unspecified atom stereocenters. The summed E-state index contributed by atoms with van der Waals surface area (Å²) in [7, 11) is 1.90. The van der Waals surface area contributed by atoms with Crippen molar-refractivity contribution in [3.8, 4) is 0 Å². The Labute approximate surface area is 145 Å². The predicted molar refractivity (Wildman–Crippen MR) is 93.3 cm³/mol. The highest BCUT2D eigenvalue weighted by atomic mass is 19.1. The molecule has 25 heavy (non-hydrogen) atoms. The first-order valence-electron chi connectivity index (χ1n) is 8.37. The van der Waals surface area contributed by atoms with Crippen LogP contribution in [0.5, 0.6) is 0 Å². The summed E-state index contributed by atoms with van der Waals surface area (Å²) in [6.07, 6.45) is -0.781. The summed E-state index contributed by atoms with van der Waals surface area (Å²) in [4.78, 5) is 9.68. The molecule has 2 aromatic heterocycles. The zero-order valence-corrected chi connectivity index (χ0v) is 14.5. The van der Waals surface area contributed by atoms with Crippen molar-refractivity contribution in [3.63, 3.8) is 0 Å². The van der Waals surface area contributed by atoms with Gasteiger partial charge in [0.15, 0.2) is 0 Å². The molecule has 1 aromatic carbocycles. The van der Waals surface area contributed by atoms with Crippen LogP contribution in [0.25, 0.3) is 11.1 Å². The molecule has 5 nitrogen and oxygen atoms in total. The molecular formula is C19H20FN3O2. The van der Waals surface area contributed by atoms with Crippen LogP contribution in [0.1, 0.15) is 35.8 Å². The number of rotatable bonds is 4. The summed E-state index contributed by atoms with van der Waals surface area (Å²) < 4.78 is 24.5. The minimum absolute atomic E-state index is 0.0272. The van der Waals surface area contributed by atoms with E-state index in [9.17, 15) is 4.39 Å². The fourth-order valence-corrected chi connectivity index (χ4v) is 3.15. The van der Waals surface area contributed by atoms with E-state index >= 15 is 0 Å². The fourth-order valence-electron chi connectivity index (χ4n) is 3.15. The van der Waals surface area contributed by atoms with Crippen molar-refractivity contribution in [1.82, 2.24) is 9.97 Å². The number of furan rings is 1. The van der Waals surface area contributed by atoms with E-state index < -0.39 is 6.08 Å². The topological polar surface area (TPSA) is 51.4 Å². The van der Waals surface area contributed by atoms with Gasteiger partial charge >= 0.3 is 6.08 Å². The third-order valence-electron chi connectivity index (χ3n) is 4.91. The normalized spacial score (nSPS) is 16.0. The van der Waals surface area contributed by atoms with E-state index in [0.29, 0.717) is 17.5 Å². The zero-order valence-electron chi connectivity index (χ0n) is 14.5. The molecule has 4 rings (SSSR count). The number of ether oxygens (including phenoxy) is 1. The Morgan fingerprint density at radius 2 is 1.92 bits per heavy atom. The van der Waals surface area contributed by atoms with Gasteiger partial charge in [0.1, 0.15) is 11.6 Å². The summed E-state index contributed by atoms with van der Waals surface area (Å²) in [6, 6.07) is 10.4. The number of fused-ring (bicyclic) bond motifs is 1. The molecule has 1 saturated heterocycles. The third-order valence-corrected chi connectivity index (χ3v) is 4.91. The van der Waals surface area contributed by atoms with E-state index in [1.54, 1.807) is 0 Å². The van der Waals surface area contributed by atoms with Gasteiger partial charge in [-0.25, -0.2) is 0 Å². The van der Waals surface area contributed by atoms with Crippen molar-refractivity contribution in [2.75, 3.05) is 25.2 Å². The lowest BCUT2D eigenvalue weighted by Crippen LogP contribution is -2.25. The maximum Gasteiger partial charge on any atom is 0.313 e. The quantitative estimate of drug-likeness (QED) is 0.672. The molecule has 3 aromatic rings. The largest absolute Gasteiger partial charge is 0.443 e. The van der Waals surface area contributed by atoms with Gasteiger partial charge < -0.3 is 14.1 Å². The van der Waals surface area contributed by atoms with Crippen molar-refractivity contribution in [2.45, 2.75) is 25.8 Å². The van der Waals surface area contributed by atoms with Crippen molar-refractivity contribution >= 4 is 16.9 Å². The minimum Gasteiger partial charge on any atom is -0.443 e. The second kappa shape index (κ2) is 6.11. The van der Waals surface area contributed by atoms with E-state index in [2.05, 4.69) is 41.2 Å². The van der Waals surface area contributed by atoms with E-state index in [1.165, 1.54) is 5.56 Å². The highest BCUT2D eigenvalue weighted by Gasteiger charge is 2.22. The number of nitrogens with zero attached hydrogens (tertiary/aromatic N) is 3. The molecule has 0 bridgehead atoms. The van der Waals surface area contributed by atoms with Gasteiger partial charge in [-0.15, -0.1) is 0 Å².